The third-order valence-electron chi connectivity index (χ3n) is 5.47. The summed E-state index contributed by atoms with van der Waals surface area (Å²) < 4.78 is 4.97. The zero-order valence-electron chi connectivity index (χ0n) is 19.2. The monoisotopic (exact) mass is 463 g/mol. The van der Waals surface area contributed by atoms with E-state index in [4.69, 9.17) is 4.74 Å². The minimum absolute atomic E-state index is 0.194. The average molecular weight is 464 g/mol. The number of allylic oxidation sites excluding steroid dienone is 3. The maximum atomic E-state index is 13.6. The Morgan fingerprint density at radius 3 is 2.67 bits per heavy atom. The fourth-order valence-corrected chi connectivity index (χ4v) is 4.10. The Morgan fingerprint density at radius 1 is 1.21 bits per heavy atom. The van der Waals surface area contributed by atoms with E-state index in [0.29, 0.717) is 18.4 Å². The summed E-state index contributed by atoms with van der Waals surface area (Å²) in [7, 11) is 3.03. The van der Waals surface area contributed by atoms with Crippen LogP contribution in [-0.4, -0.2) is 54.0 Å². The third-order valence-corrected chi connectivity index (χ3v) is 6.11. The summed E-state index contributed by atoms with van der Waals surface area (Å²) >= 11 is 1.63. The van der Waals surface area contributed by atoms with Gasteiger partial charge in [0.05, 0.1) is 19.0 Å². The molecule has 1 atom stereocenters. The van der Waals surface area contributed by atoms with Gasteiger partial charge in [0.2, 0.25) is 0 Å². The SMILES string of the molecule is COC(=O)[C@H](CCSC)N(C)C(=O)C1=C(c2ccccc2)CC(=CNc2cccnc2)C=C1. The van der Waals surface area contributed by atoms with Crippen LogP contribution in [-0.2, 0) is 14.3 Å². The van der Waals surface area contributed by atoms with Gasteiger partial charge in [0.15, 0.2) is 0 Å². The summed E-state index contributed by atoms with van der Waals surface area (Å²) in [5, 5.41) is 3.26. The van der Waals surface area contributed by atoms with Gasteiger partial charge < -0.3 is 15.0 Å². The lowest BCUT2D eigenvalue weighted by molar-refractivity contribution is -0.150. The molecule has 1 aliphatic carbocycles. The molecule has 7 heteroatoms. The van der Waals surface area contributed by atoms with Crippen LogP contribution in [0.15, 0.2) is 84.4 Å². The molecule has 0 spiro atoms. The normalized spacial score (nSPS) is 15.3. The van der Waals surface area contributed by atoms with Crippen molar-refractivity contribution >= 4 is 34.9 Å². The first kappa shape index (κ1) is 24.3. The first-order chi connectivity index (χ1) is 16.0. The summed E-state index contributed by atoms with van der Waals surface area (Å²) in [4.78, 5) is 31.6. The molecule has 0 unspecified atom stereocenters. The van der Waals surface area contributed by atoms with Crippen LogP contribution in [0.3, 0.4) is 0 Å². The fourth-order valence-electron chi connectivity index (χ4n) is 3.64. The Bertz CT molecular complexity index is 1050. The highest BCUT2D eigenvalue weighted by atomic mass is 32.2. The number of likely N-dealkylation sites (N-methyl/N-ethyl adjacent to an activating group) is 1. The Kier molecular flexibility index (Phi) is 8.89. The van der Waals surface area contributed by atoms with Gasteiger partial charge in [-0.15, -0.1) is 0 Å². The van der Waals surface area contributed by atoms with E-state index in [1.54, 1.807) is 31.2 Å². The Balaban J connectivity index is 1.91. The van der Waals surface area contributed by atoms with E-state index in [9.17, 15) is 9.59 Å². The Hall–Kier alpha value is -3.32. The van der Waals surface area contributed by atoms with Gasteiger partial charge in [0.1, 0.15) is 6.04 Å². The molecular weight excluding hydrogens is 434 g/mol. The molecule has 1 aliphatic rings. The number of amides is 1. The van der Waals surface area contributed by atoms with Crippen LogP contribution < -0.4 is 5.32 Å². The van der Waals surface area contributed by atoms with E-state index in [-0.39, 0.29) is 5.91 Å². The van der Waals surface area contributed by atoms with E-state index in [0.717, 1.165) is 28.1 Å². The number of ether oxygens (including phenoxy) is 1. The molecule has 0 bridgehead atoms. The fraction of sp³-hybridized carbons (Fsp3) is 0.269. The lowest BCUT2D eigenvalue weighted by Crippen LogP contribution is -2.44. The van der Waals surface area contributed by atoms with E-state index in [2.05, 4.69) is 10.3 Å². The van der Waals surface area contributed by atoms with Gasteiger partial charge in [-0.05, 0) is 53.3 Å². The first-order valence-electron chi connectivity index (χ1n) is 10.7. The van der Waals surface area contributed by atoms with Crippen LogP contribution in [0.2, 0.25) is 0 Å². The van der Waals surface area contributed by atoms with Crippen molar-refractivity contribution in [2.45, 2.75) is 18.9 Å². The molecule has 0 saturated heterocycles. The highest BCUT2D eigenvalue weighted by Crippen LogP contribution is 2.32. The maximum Gasteiger partial charge on any atom is 0.328 e. The number of rotatable bonds is 9. The van der Waals surface area contributed by atoms with Crippen LogP contribution >= 0.6 is 11.8 Å². The van der Waals surface area contributed by atoms with Crippen LogP contribution in [0.25, 0.3) is 5.57 Å². The molecule has 172 valence electrons. The minimum atomic E-state index is -0.628. The number of benzene rings is 1. The number of methoxy groups -OCH3 is 1. The zero-order chi connectivity index (χ0) is 23.6. The predicted octanol–water partition coefficient (Wildman–Crippen LogP) is 4.54. The summed E-state index contributed by atoms with van der Waals surface area (Å²) in [5.74, 6) is 0.161. The van der Waals surface area contributed by atoms with Gasteiger partial charge in [-0.3, -0.25) is 9.78 Å². The number of esters is 1. The largest absolute Gasteiger partial charge is 0.467 e. The van der Waals surface area contributed by atoms with Crippen molar-refractivity contribution in [2.75, 3.05) is 31.5 Å². The van der Waals surface area contributed by atoms with Crippen molar-refractivity contribution in [3.8, 4) is 0 Å². The van der Waals surface area contributed by atoms with E-state index < -0.39 is 12.0 Å². The number of nitrogens with one attached hydrogen (secondary N) is 1. The zero-order valence-corrected chi connectivity index (χ0v) is 20.0. The number of thioether (sulfide) groups is 1. The van der Waals surface area contributed by atoms with Crippen molar-refractivity contribution in [1.82, 2.24) is 9.88 Å². The van der Waals surface area contributed by atoms with Gasteiger partial charge in [-0.1, -0.05) is 36.4 Å². The standard InChI is InChI=1S/C26H29N3O3S/c1-29(24(13-15-33-3)26(31)32-2)25(30)22-12-11-19(17-28-21-10-7-14-27-18-21)16-23(22)20-8-5-4-6-9-20/h4-12,14,17-18,24,28H,13,15-16H2,1-3H3/t24-/m0/s1. The van der Waals surface area contributed by atoms with Crippen LogP contribution in [0.4, 0.5) is 5.69 Å². The van der Waals surface area contributed by atoms with Crippen LogP contribution in [0, 0.1) is 0 Å². The first-order valence-corrected chi connectivity index (χ1v) is 12.1. The van der Waals surface area contributed by atoms with Crippen molar-refractivity contribution in [3.05, 3.63) is 89.9 Å². The molecule has 1 amide bonds. The van der Waals surface area contributed by atoms with Gasteiger partial charge >= 0.3 is 5.97 Å². The Labute approximate surface area is 199 Å². The molecule has 0 aliphatic heterocycles. The van der Waals surface area contributed by atoms with Crippen LogP contribution in [0.1, 0.15) is 18.4 Å². The second-order valence-electron chi connectivity index (χ2n) is 7.61. The molecule has 0 saturated carbocycles. The number of pyridine rings is 1. The quantitative estimate of drug-likeness (QED) is 0.551. The lowest BCUT2D eigenvalue weighted by atomic mass is 9.88. The van der Waals surface area contributed by atoms with Crippen LogP contribution in [0.5, 0.6) is 0 Å². The number of carbonyl (C=O) groups is 2. The highest BCUT2D eigenvalue weighted by Gasteiger charge is 2.30. The van der Waals surface area contributed by atoms with Gasteiger partial charge in [0, 0.05) is 31.4 Å². The topological polar surface area (TPSA) is 71.5 Å². The maximum absolute atomic E-state index is 13.6. The van der Waals surface area contributed by atoms with Crippen molar-refractivity contribution in [2.24, 2.45) is 0 Å². The summed E-state index contributed by atoms with van der Waals surface area (Å²) in [6.45, 7) is 0. The Morgan fingerprint density at radius 2 is 2.00 bits per heavy atom. The smallest absolute Gasteiger partial charge is 0.328 e. The molecule has 1 heterocycles. The molecule has 2 aromatic rings. The van der Waals surface area contributed by atoms with Crippen molar-refractivity contribution in [3.63, 3.8) is 0 Å². The number of anilines is 1. The molecule has 0 fully saturated rings. The van der Waals surface area contributed by atoms with Crippen molar-refractivity contribution < 1.29 is 14.3 Å². The second-order valence-corrected chi connectivity index (χ2v) is 8.60. The lowest BCUT2D eigenvalue weighted by Gasteiger charge is -2.28. The number of nitrogens with zero attached hydrogens (tertiary/aromatic N) is 2. The van der Waals surface area contributed by atoms with E-state index in [1.165, 1.54) is 12.0 Å². The number of hydrogen-bond acceptors (Lipinski definition) is 6. The molecule has 33 heavy (non-hydrogen) atoms. The predicted molar refractivity (Wildman–Crippen MR) is 135 cm³/mol. The molecule has 6 nitrogen and oxygen atoms in total. The van der Waals surface area contributed by atoms with E-state index in [1.807, 2.05) is 67.1 Å². The molecule has 3 rings (SSSR count). The molecule has 1 aromatic carbocycles. The van der Waals surface area contributed by atoms with Crippen molar-refractivity contribution in [1.29, 1.82) is 0 Å². The highest BCUT2D eigenvalue weighted by molar-refractivity contribution is 7.98. The number of carbonyl (C=O) groups excluding carboxylic acids is 2. The number of aromatic nitrogens is 1. The molecule has 1 N–H and O–H groups in total. The minimum Gasteiger partial charge on any atom is -0.467 e. The molecule has 0 radical (unpaired) electrons. The number of hydrogen-bond donors (Lipinski definition) is 1. The van der Waals surface area contributed by atoms with Gasteiger partial charge in [-0.2, -0.15) is 11.8 Å². The summed E-state index contributed by atoms with van der Waals surface area (Å²) in [5.41, 5.74) is 4.40. The summed E-state index contributed by atoms with van der Waals surface area (Å²) in [6.07, 6.45) is 12.3. The molecular formula is C26H29N3O3S. The van der Waals surface area contributed by atoms with Gasteiger partial charge in [0.25, 0.3) is 5.91 Å². The van der Waals surface area contributed by atoms with E-state index >= 15 is 0 Å². The third kappa shape index (κ3) is 6.35. The average Bonchev–Trinajstić information content (AvgIpc) is 2.87. The van der Waals surface area contributed by atoms with Gasteiger partial charge in [-0.25, -0.2) is 4.79 Å². The molecule has 1 aromatic heterocycles. The second kappa shape index (κ2) is 12.1. The summed E-state index contributed by atoms with van der Waals surface area (Å²) in [6, 6.07) is 13.0.